The van der Waals surface area contributed by atoms with Crippen LogP contribution in [0, 0.1) is 0 Å². The van der Waals surface area contributed by atoms with Crippen molar-refractivity contribution < 1.29 is 28.5 Å². The van der Waals surface area contributed by atoms with Gasteiger partial charge in [-0.1, -0.05) is 87.5 Å². The Morgan fingerprint density at radius 2 is 1.35 bits per heavy atom. The van der Waals surface area contributed by atoms with Crippen molar-refractivity contribution in [3.05, 3.63) is 78.4 Å². The highest BCUT2D eigenvalue weighted by atomic mass is 28.4. The number of carboxylic acid groups (broad SMARTS) is 1. The van der Waals surface area contributed by atoms with Gasteiger partial charge in [-0.05, 0) is 27.9 Å². The summed E-state index contributed by atoms with van der Waals surface area (Å²) < 4.78 is 24.1. The number of carbonyl (C=O) groups is 1. The summed E-state index contributed by atoms with van der Waals surface area (Å²) in [5, 5.41) is 11.6. The SMILES string of the molecule is COc1ccc(CC(CCC(=O)O)O[Si](c2ccccc2)(c2ccccc2)C(C)(C)C)c(OC)c1OC. The summed E-state index contributed by atoms with van der Waals surface area (Å²) in [6.45, 7) is 6.64. The summed E-state index contributed by atoms with van der Waals surface area (Å²) in [6, 6.07) is 24.5. The molecular weight excluding hydrogens is 484 g/mol. The predicted octanol–water partition coefficient (Wildman–Crippen LogP) is 5.06. The topological polar surface area (TPSA) is 74.2 Å². The van der Waals surface area contributed by atoms with E-state index in [0.717, 1.165) is 15.9 Å². The van der Waals surface area contributed by atoms with Crippen LogP contribution < -0.4 is 24.6 Å². The maximum Gasteiger partial charge on any atom is 0.303 e. The van der Waals surface area contributed by atoms with Crippen molar-refractivity contribution in [3.63, 3.8) is 0 Å². The van der Waals surface area contributed by atoms with Crippen LogP contribution in [0.5, 0.6) is 17.2 Å². The van der Waals surface area contributed by atoms with Crippen molar-refractivity contribution in [2.45, 2.75) is 51.2 Å². The Balaban J connectivity index is 2.17. The molecule has 0 fully saturated rings. The average molecular weight is 523 g/mol. The highest BCUT2D eigenvalue weighted by molar-refractivity contribution is 6.99. The second-order valence-electron chi connectivity index (χ2n) is 10.0. The van der Waals surface area contributed by atoms with Crippen LogP contribution in [-0.2, 0) is 15.6 Å². The van der Waals surface area contributed by atoms with Crippen molar-refractivity contribution in [2.75, 3.05) is 21.3 Å². The third-order valence-corrected chi connectivity index (χ3v) is 11.8. The van der Waals surface area contributed by atoms with Crippen molar-refractivity contribution in [1.29, 1.82) is 0 Å². The lowest BCUT2D eigenvalue weighted by Crippen LogP contribution is -2.67. The second-order valence-corrected chi connectivity index (χ2v) is 14.3. The number of ether oxygens (including phenoxy) is 3. The van der Waals surface area contributed by atoms with Crippen LogP contribution >= 0.6 is 0 Å². The van der Waals surface area contributed by atoms with Crippen LogP contribution in [-0.4, -0.2) is 46.8 Å². The summed E-state index contributed by atoms with van der Waals surface area (Å²) in [7, 11) is 1.85. The number of aliphatic carboxylic acids is 1. The van der Waals surface area contributed by atoms with Gasteiger partial charge < -0.3 is 23.7 Å². The molecule has 3 aromatic carbocycles. The number of carboxylic acids is 1. The Morgan fingerprint density at radius 1 is 0.811 bits per heavy atom. The second kappa shape index (κ2) is 12.3. The fraction of sp³-hybridized carbons (Fsp3) is 0.367. The molecule has 1 unspecified atom stereocenters. The lowest BCUT2D eigenvalue weighted by Gasteiger charge is -2.45. The molecule has 3 aromatic rings. The largest absolute Gasteiger partial charge is 0.493 e. The average Bonchev–Trinajstić information content (AvgIpc) is 2.89. The quantitative estimate of drug-likeness (QED) is 0.335. The number of methoxy groups -OCH3 is 3. The molecule has 0 amide bonds. The van der Waals surface area contributed by atoms with E-state index in [1.165, 1.54) is 0 Å². The molecule has 3 rings (SSSR count). The first-order chi connectivity index (χ1) is 17.7. The minimum Gasteiger partial charge on any atom is -0.493 e. The van der Waals surface area contributed by atoms with Crippen molar-refractivity contribution in [1.82, 2.24) is 0 Å². The van der Waals surface area contributed by atoms with Crippen LogP contribution in [0.25, 0.3) is 0 Å². The normalized spacial score (nSPS) is 12.6. The van der Waals surface area contributed by atoms with Crippen LogP contribution in [0.15, 0.2) is 72.8 Å². The fourth-order valence-corrected chi connectivity index (χ4v) is 9.71. The van der Waals surface area contributed by atoms with Gasteiger partial charge in [0.25, 0.3) is 8.32 Å². The van der Waals surface area contributed by atoms with Crippen molar-refractivity contribution >= 4 is 24.7 Å². The molecule has 1 atom stereocenters. The van der Waals surface area contributed by atoms with E-state index in [2.05, 4.69) is 45.0 Å². The van der Waals surface area contributed by atoms with Gasteiger partial charge in [-0.25, -0.2) is 0 Å². The molecule has 0 heterocycles. The summed E-state index contributed by atoms with van der Waals surface area (Å²) in [5.41, 5.74) is 0.869. The van der Waals surface area contributed by atoms with Gasteiger partial charge in [0.15, 0.2) is 11.5 Å². The van der Waals surface area contributed by atoms with E-state index in [4.69, 9.17) is 18.6 Å². The molecular formula is C30H38O6Si. The number of rotatable bonds is 12. The van der Waals surface area contributed by atoms with E-state index in [1.54, 1.807) is 21.3 Å². The van der Waals surface area contributed by atoms with Crippen LogP contribution in [0.2, 0.25) is 5.04 Å². The summed E-state index contributed by atoms with van der Waals surface area (Å²) in [5.74, 6) is 0.784. The first-order valence-corrected chi connectivity index (χ1v) is 14.4. The third kappa shape index (κ3) is 6.17. The first-order valence-electron chi connectivity index (χ1n) is 12.5. The number of hydrogen-bond acceptors (Lipinski definition) is 5. The standard InChI is InChI=1S/C30H38O6Si/c1-30(2,3)37(24-13-9-7-10-14-24,25-15-11-8-12-16-25)36-23(18-20-27(31)32)21-22-17-19-26(33-4)29(35-6)28(22)34-5/h7-17,19,23H,18,20-21H2,1-6H3,(H,31,32). The van der Waals surface area contributed by atoms with Gasteiger partial charge in [0, 0.05) is 18.4 Å². The van der Waals surface area contributed by atoms with E-state index >= 15 is 0 Å². The molecule has 0 aliphatic heterocycles. The Labute approximate surface area is 221 Å². The monoisotopic (exact) mass is 522 g/mol. The Hall–Kier alpha value is -3.29. The van der Waals surface area contributed by atoms with E-state index in [0.29, 0.717) is 30.1 Å². The van der Waals surface area contributed by atoms with Gasteiger partial charge >= 0.3 is 5.97 Å². The highest BCUT2D eigenvalue weighted by Gasteiger charge is 2.51. The fourth-order valence-electron chi connectivity index (χ4n) is 5.00. The lowest BCUT2D eigenvalue weighted by atomic mass is 10.0. The van der Waals surface area contributed by atoms with Gasteiger partial charge in [-0.3, -0.25) is 4.79 Å². The van der Waals surface area contributed by atoms with E-state index in [-0.39, 0.29) is 17.6 Å². The van der Waals surface area contributed by atoms with Crippen LogP contribution in [0.3, 0.4) is 0 Å². The molecule has 7 heteroatoms. The van der Waals surface area contributed by atoms with Gasteiger partial charge in [0.1, 0.15) is 0 Å². The van der Waals surface area contributed by atoms with Gasteiger partial charge in [-0.15, -0.1) is 0 Å². The van der Waals surface area contributed by atoms with Crippen molar-refractivity contribution in [3.8, 4) is 17.2 Å². The van der Waals surface area contributed by atoms with E-state index in [9.17, 15) is 9.90 Å². The summed E-state index contributed by atoms with van der Waals surface area (Å²) >= 11 is 0. The molecule has 6 nitrogen and oxygen atoms in total. The minimum absolute atomic E-state index is 0.00151. The molecule has 0 aromatic heterocycles. The van der Waals surface area contributed by atoms with Gasteiger partial charge in [-0.2, -0.15) is 0 Å². The van der Waals surface area contributed by atoms with Crippen molar-refractivity contribution in [2.24, 2.45) is 0 Å². The zero-order valence-corrected chi connectivity index (χ0v) is 23.6. The van der Waals surface area contributed by atoms with E-state index < -0.39 is 14.3 Å². The molecule has 0 bridgehead atoms. The Morgan fingerprint density at radius 3 is 1.78 bits per heavy atom. The molecule has 0 saturated carbocycles. The molecule has 0 aliphatic rings. The zero-order valence-electron chi connectivity index (χ0n) is 22.6. The molecule has 0 aliphatic carbocycles. The molecule has 198 valence electrons. The predicted molar refractivity (Wildman–Crippen MR) is 149 cm³/mol. The smallest absolute Gasteiger partial charge is 0.303 e. The Kier molecular flexibility index (Phi) is 9.40. The Bertz CT molecular complexity index is 1120. The van der Waals surface area contributed by atoms with Gasteiger partial charge in [0.2, 0.25) is 5.75 Å². The number of hydrogen-bond donors (Lipinski definition) is 1. The van der Waals surface area contributed by atoms with Gasteiger partial charge in [0.05, 0.1) is 27.4 Å². The third-order valence-electron chi connectivity index (χ3n) is 6.67. The summed E-state index contributed by atoms with van der Waals surface area (Å²) in [4.78, 5) is 11.7. The lowest BCUT2D eigenvalue weighted by molar-refractivity contribution is -0.137. The molecule has 0 saturated heterocycles. The van der Waals surface area contributed by atoms with E-state index in [1.807, 2.05) is 48.5 Å². The number of benzene rings is 3. The highest BCUT2D eigenvalue weighted by Crippen LogP contribution is 2.42. The van der Waals surface area contributed by atoms with Crippen LogP contribution in [0.1, 0.15) is 39.2 Å². The van der Waals surface area contributed by atoms with Crippen LogP contribution in [0.4, 0.5) is 0 Å². The summed E-state index contributed by atoms with van der Waals surface area (Å²) in [6.07, 6.45) is 0.436. The maximum absolute atomic E-state index is 11.7. The zero-order chi connectivity index (χ0) is 27.1. The molecule has 0 spiro atoms. The molecule has 37 heavy (non-hydrogen) atoms. The molecule has 1 N–H and O–H groups in total. The maximum atomic E-state index is 11.7. The first kappa shape index (κ1) is 28.3. The molecule has 0 radical (unpaired) electrons. The minimum atomic E-state index is -2.90.